The zero-order chi connectivity index (χ0) is 14.9. The van der Waals surface area contributed by atoms with Gasteiger partial charge < -0.3 is 15.4 Å². The molecule has 2 N–H and O–H groups in total. The van der Waals surface area contributed by atoms with Crippen LogP contribution in [0.3, 0.4) is 0 Å². The molecule has 1 aromatic heterocycles. The van der Waals surface area contributed by atoms with Crippen molar-refractivity contribution in [1.82, 2.24) is 20.6 Å². The average Bonchev–Trinajstić information content (AvgIpc) is 2.54. The summed E-state index contributed by atoms with van der Waals surface area (Å²) in [4.78, 5) is 19.5. The first-order valence-corrected chi connectivity index (χ1v) is 6.66. The zero-order valence-electron chi connectivity index (χ0n) is 11.9. The smallest absolute Gasteiger partial charge is 0.315 e. The molecule has 2 amide bonds. The molecule has 1 heterocycles. The number of nitrogens with zero attached hydrogens (tertiary/aromatic N) is 2. The standard InChI is InChI=1S/C15H18N4O2/c1-21-14-4-2-12(3-5-14)10-19-15(20)18-7-6-13-8-16-11-17-9-13/h2-5,8-9,11H,6-7,10H2,1H3,(H2,18,19,20). The molecule has 6 nitrogen and oxygen atoms in total. The molecule has 0 saturated carbocycles. The monoisotopic (exact) mass is 286 g/mol. The third-order valence-corrected chi connectivity index (χ3v) is 2.93. The SMILES string of the molecule is COc1ccc(CNC(=O)NCCc2cncnc2)cc1. The molecule has 21 heavy (non-hydrogen) atoms. The Morgan fingerprint density at radius 3 is 2.48 bits per heavy atom. The van der Waals surface area contributed by atoms with E-state index in [-0.39, 0.29) is 6.03 Å². The van der Waals surface area contributed by atoms with E-state index in [0.717, 1.165) is 16.9 Å². The highest BCUT2D eigenvalue weighted by Crippen LogP contribution is 2.10. The van der Waals surface area contributed by atoms with Gasteiger partial charge in [-0.3, -0.25) is 0 Å². The number of carbonyl (C=O) groups is 1. The highest BCUT2D eigenvalue weighted by Gasteiger charge is 2.01. The summed E-state index contributed by atoms with van der Waals surface area (Å²) < 4.78 is 5.08. The lowest BCUT2D eigenvalue weighted by Crippen LogP contribution is -2.36. The molecular weight excluding hydrogens is 268 g/mol. The van der Waals surface area contributed by atoms with Crippen molar-refractivity contribution in [3.8, 4) is 5.75 Å². The van der Waals surface area contributed by atoms with E-state index in [9.17, 15) is 4.79 Å². The third-order valence-electron chi connectivity index (χ3n) is 2.93. The van der Waals surface area contributed by atoms with Gasteiger partial charge >= 0.3 is 6.03 Å². The molecule has 1 aromatic carbocycles. The largest absolute Gasteiger partial charge is 0.497 e. The predicted octanol–water partition coefficient (Wildman–Crippen LogP) is 1.53. The van der Waals surface area contributed by atoms with Crippen LogP contribution in [-0.4, -0.2) is 29.7 Å². The van der Waals surface area contributed by atoms with Gasteiger partial charge in [-0.1, -0.05) is 12.1 Å². The fourth-order valence-electron chi connectivity index (χ4n) is 1.77. The van der Waals surface area contributed by atoms with Gasteiger partial charge in [0.25, 0.3) is 0 Å². The van der Waals surface area contributed by atoms with Gasteiger partial charge in [0.2, 0.25) is 0 Å². The fraction of sp³-hybridized carbons (Fsp3) is 0.267. The van der Waals surface area contributed by atoms with Crippen molar-refractivity contribution in [2.75, 3.05) is 13.7 Å². The van der Waals surface area contributed by atoms with Crippen molar-refractivity contribution in [2.24, 2.45) is 0 Å². The summed E-state index contributed by atoms with van der Waals surface area (Å²) >= 11 is 0. The number of benzene rings is 1. The molecule has 0 spiro atoms. The molecule has 0 aliphatic rings. The maximum absolute atomic E-state index is 11.7. The number of amides is 2. The van der Waals surface area contributed by atoms with Crippen LogP contribution in [0.5, 0.6) is 5.75 Å². The van der Waals surface area contributed by atoms with Crippen LogP contribution in [0.1, 0.15) is 11.1 Å². The number of carbonyl (C=O) groups excluding carboxylic acids is 1. The van der Waals surface area contributed by atoms with Crippen molar-refractivity contribution < 1.29 is 9.53 Å². The molecule has 0 aliphatic carbocycles. The lowest BCUT2D eigenvalue weighted by Gasteiger charge is -2.08. The van der Waals surface area contributed by atoms with Gasteiger partial charge in [0.15, 0.2) is 0 Å². The minimum absolute atomic E-state index is 0.192. The van der Waals surface area contributed by atoms with E-state index < -0.39 is 0 Å². The highest BCUT2D eigenvalue weighted by atomic mass is 16.5. The van der Waals surface area contributed by atoms with E-state index in [1.54, 1.807) is 19.5 Å². The van der Waals surface area contributed by atoms with Crippen LogP contribution in [0.15, 0.2) is 43.0 Å². The minimum atomic E-state index is -0.192. The average molecular weight is 286 g/mol. The number of urea groups is 1. The van der Waals surface area contributed by atoms with Crippen LogP contribution in [0.25, 0.3) is 0 Å². The Labute approximate surface area is 123 Å². The quantitative estimate of drug-likeness (QED) is 0.844. The van der Waals surface area contributed by atoms with E-state index in [0.29, 0.717) is 19.5 Å². The molecule has 2 rings (SSSR count). The molecule has 0 aliphatic heterocycles. The van der Waals surface area contributed by atoms with Crippen LogP contribution < -0.4 is 15.4 Å². The summed E-state index contributed by atoms with van der Waals surface area (Å²) in [6.07, 6.45) is 5.67. The van der Waals surface area contributed by atoms with Crippen LogP contribution in [0, 0.1) is 0 Å². The molecule has 6 heteroatoms. The Bertz CT molecular complexity index is 558. The summed E-state index contributed by atoms with van der Waals surface area (Å²) in [6.45, 7) is 1.02. The van der Waals surface area contributed by atoms with Gasteiger partial charge in [0.1, 0.15) is 12.1 Å². The summed E-state index contributed by atoms with van der Waals surface area (Å²) in [7, 11) is 1.62. The van der Waals surface area contributed by atoms with Crippen molar-refractivity contribution in [2.45, 2.75) is 13.0 Å². The summed E-state index contributed by atoms with van der Waals surface area (Å²) in [6, 6.07) is 7.37. The van der Waals surface area contributed by atoms with Gasteiger partial charge in [-0.05, 0) is 29.7 Å². The Balaban J connectivity index is 1.67. The lowest BCUT2D eigenvalue weighted by molar-refractivity contribution is 0.240. The van der Waals surface area contributed by atoms with E-state index in [2.05, 4.69) is 20.6 Å². The number of hydrogen-bond donors (Lipinski definition) is 2. The summed E-state index contributed by atoms with van der Waals surface area (Å²) in [5.41, 5.74) is 2.01. The molecule has 0 saturated heterocycles. The summed E-state index contributed by atoms with van der Waals surface area (Å²) in [5.74, 6) is 0.799. The van der Waals surface area contributed by atoms with E-state index in [4.69, 9.17) is 4.74 Å². The van der Waals surface area contributed by atoms with Gasteiger partial charge in [0, 0.05) is 25.5 Å². The normalized spacial score (nSPS) is 9.95. The van der Waals surface area contributed by atoms with Crippen LogP contribution in [0.4, 0.5) is 4.79 Å². The topological polar surface area (TPSA) is 76.1 Å². The first-order valence-electron chi connectivity index (χ1n) is 6.66. The first kappa shape index (κ1) is 14.8. The molecule has 2 aromatic rings. The number of methoxy groups -OCH3 is 1. The predicted molar refractivity (Wildman–Crippen MR) is 79.0 cm³/mol. The van der Waals surface area contributed by atoms with Gasteiger partial charge in [-0.15, -0.1) is 0 Å². The molecule has 0 bridgehead atoms. The Hall–Kier alpha value is -2.63. The number of hydrogen-bond acceptors (Lipinski definition) is 4. The van der Waals surface area contributed by atoms with Crippen LogP contribution in [0.2, 0.25) is 0 Å². The summed E-state index contributed by atoms with van der Waals surface area (Å²) in [5, 5.41) is 5.59. The van der Waals surface area contributed by atoms with Crippen molar-refractivity contribution in [1.29, 1.82) is 0 Å². The van der Waals surface area contributed by atoms with Crippen molar-refractivity contribution in [3.05, 3.63) is 54.1 Å². The number of aromatic nitrogens is 2. The van der Waals surface area contributed by atoms with Crippen LogP contribution in [-0.2, 0) is 13.0 Å². The molecular formula is C15H18N4O2. The van der Waals surface area contributed by atoms with E-state index in [1.165, 1.54) is 6.33 Å². The highest BCUT2D eigenvalue weighted by molar-refractivity contribution is 5.73. The van der Waals surface area contributed by atoms with Crippen molar-refractivity contribution >= 4 is 6.03 Å². The molecule has 0 unspecified atom stereocenters. The van der Waals surface area contributed by atoms with Crippen molar-refractivity contribution in [3.63, 3.8) is 0 Å². The minimum Gasteiger partial charge on any atom is -0.497 e. The van der Waals surface area contributed by atoms with E-state index in [1.807, 2.05) is 24.3 Å². The molecule has 0 atom stereocenters. The number of ether oxygens (including phenoxy) is 1. The molecule has 0 radical (unpaired) electrons. The maximum Gasteiger partial charge on any atom is 0.315 e. The van der Waals surface area contributed by atoms with Gasteiger partial charge in [0.05, 0.1) is 7.11 Å². The second-order valence-electron chi connectivity index (χ2n) is 4.45. The van der Waals surface area contributed by atoms with Crippen LogP contribution >= 0.6 is 0 Å². The first-order chi connectivity index (χ1) is 10.3. The second-order valence-corrected chi connectivity index (χ2v) is 4.45. The lowest BCUT2D eigenvalue weighted by atomic mass is 10.2. The molecule has 110 valence electrons. The third kappa shape index (κ3) is 5.10. The Kier molecular flexibility index (Phi) is 5.51. The van der Waals surface area contributed by atoms with Gasteiger partial charge in [-0.2, -0.15) is 0 Å². The molecule has 0 fully saturated rings. The number of nitrogens with one attached hydrogen (secondary N) is 2. The Morgan fingerprint density at radius 1 is 1.10 bits per heavy atom. The zero-order valence-corrected chi connectivity index (χ0v) is 11.9. The maximum atomic E-state index is 11.7. The van der Waals surface area contributed by atoms with E-state index >= 15 is 0 Å². The second kappa shape index (κ2) is 7.84. The fourth-order valence-corrected chi connectivity index (χ4v) is 1.77. The van der Waals surface area contributed by atoms with Gasteiger partial charge in [-0.25, -0.2) is 14.8 Å². The number of rotatable bonds is 6. The Morgan fingerprint density at radius 2 is 1.81 bits per heavy atom.